The minimum absolute atomic E-state index is 0.113. The molecule has 0 saturated carbocycles. The van der Waals surface area contributed by atoms with Crippen molar-refractivity contribution in [1.29, 1.82) is 0 Å². The molecular weight excluding hydrogens is 470 g/mol. The maximum Gasteiger partial charge on any atom is 0.339 e. The Morgan fingerprint density at radius 1 is 1.08 bits per heavy atom. The topological polar surface area (TPSA) is 72.3 Å². The maximum absolute atomic E-state index is 12.5. The van der Waals surface area contributed by atoms with Gasteiger partial charge in [-0.3, -0.25) is 9.97 Å². The van der Waals surface area contributed by atoms with E-state index in [-0.39, 0.29) is 18.1 Å². The zero-order valence-electron chi connectivity index (χ0n) is 20.4. The first-order valence-electron chi connectivity index (χ1n) is 11.7. The van der Waals surface area contributed by atoms with Gasteiger partial charge in [0.2, 0.25) is 0 Å². The lowest BCUT2D eigenvalue weighted by Crippen LogP contribution is -2.29. The van der Waals surface area contributed by atoms with Gasteiger partial charge in [0.1, 0.15) is 0 Å². The monoisotopic (exact) mass is 497 g/mol. The van der Waals surface area contributed by atoms with E-state index in [9.17, 15) is 4.79 Å². The zero-order valence-corrected chi connectivity index (χ0v) is 21.2. The second-order valence-corrected chi connectivity index (χ2v) is 9.17. The number of hydrogen-bond donors (Lipinski definition) is 1. The fourth-order valence-corrected chi connectivity index (χ4v) is 5.32. The van der Waals surface area contributed by atoms with Crippen LogP contribution in [0.25, 0.3) is 5.69 Å². The van der Waals surface area contributed by atoms with Gasteiger partial charge in [-0.25, -0.2) is 4.79 Å². The summed E-state index contributed by atoms with van der Waals surface area (Å²) in [5.74, 6) is -0.368. The summed E-state index contributed by atoms with van der Waals surface area (Å²) in [6.07, 6.45) is 5.44. The number of para-hydroxylation sites is 1. The van der Waals surface area contributed by atoms with Gasteiger partial charge >= 0.3 is 5.97 Å². The van der Waals surface area contributed by atoms with Gasteiger partial charge in [-0.05, 0) is 73.6 Å². The summed E-state index contributed by atoms with van der Waals surface area (Å²) in [4.78, 5) is 23.7. The van der Waals surface area contributed by atoms with Crippen LogP contribution in [0.5, 0.6) is 0 Å². The lowest BCUT2D eigenvalue weighted by molar-refractivity contribution is 0.0600. The van der Waals surface area contributed by atoms with E-state index < -0.39 is 0 Å². The standard InChI is InChI=1S/C28H27N5O2S/c1-18-15-22(19(2)33(18)24-12-5-4-10-21(24)27(34)35-3)26-25(23-11-6-7-14-30-23)31-28(36)32(26)17-20-9-8-13-29-16-20/h4-16,25-26H,17H2,1-3H3,(H,31,36). The Bertz CT molecular complexity index is 1400. The molecule has 1 N–H and O–H groups in total. The van der Waals surface area contributed by atoms with E-state index in [1.165, 1.54) is 7.11 Å². The number of aromatic nitrogens is 3. The molecule has 3 aromatic heterocycles. The van der Waals surface area contributed by atoms with Crippen LogP contribution in [0.1, 0.15) is 50.7 Å². The van der Waals surface area contributed by atoms with Gasteiger partial charge in [0.15, 0.2) is 5.11 Å². The van der Waals surface area contributed by atoms with Crippen LogP contribution < -0.4 is 5.32 Å². The molecule has 1 fully saturated rings. The number of aryl methyl sites for hydroxylation is 1. The van der Waals surface area contributed by atoms with Crippen molar-refractivity contribution in [2.75, 3.05) is 7.11 Å². The predicted octanol–water partition coefficient (Wildman–Crippen LogP) is 4.84. The molecule has 0 bridgehead atoms. The third-order valence-corrected chi connectivity index (χ3v) is 6.97. The molecule has 0 spiro atoms. The molecule has 5 rings (SSSR count). The van der Waals surface area contributed by atoms with Gasteiger partial charge in [0.05, 0.1) is 36.1 Å². The Kier molecular flexibility index (Phi) is 6.52. The van der Waals surface area contributed by atoms with Gasteiger partial charge < -0.3 is 19.5 Å². The summed E-state index contributed by atoms with van der Waals surface area (Å²) >= 11 is 5.84. The molecule has 1 aliphatic heterocycles. The number of nitrogens with one attached hydrogen (secondary N) is 1. The Balaban J connectivity index is 1.64. The molecule has 7 nitrogen and oxygen atoms in total. The molecule has 182 valence electrons. The molecule has 1 aromatic carbocycles. The molecule has 0 amide bonds. The molecule has 36 heavy (non-hydrogen) atoms. The van der Waals surface area contributed by atoms with Crippen LogP contribution in [-0.4, -0.2) is 37.6 Å². The summed E-state index contributed by atoms with van der Waals surface area (Å²) in [5, 5.41) is 4.18. The summed E-state index contributed by atoms with van der Waals surface area (Å²) in [6.45, 7) is 4.73. The van der Waals surface area contributed by atoms with Crippen molar-refractivity contribution in [2.24, 2.45) is 0 Å². The van der Waals surface area contributed by atoms with E-state index in [1.807, 2.05) is 55.6 Å². The van der Waals surface area contributed by atoms with Crippen LogP contribution in [0, 0.1) is 13.8 Å². The lowest BCUT2D eigenvalue weighted by Gasteiger charge is -2.28. The normalized spacial score (nSPS) is 17.2. The number of carbonyl (C=O) groups excluding carboxylic acids is 1. The number of hydrogen-bond acceptors (Lipinski definition) is 5. The van der Waals surface area contributed by atoms with E-state index in [1.54, 1.807) is 18.5 Å². The van der Waals surface area contributed by atoms with Crippen molar-refractivity contribution in [3.63, 3.8) is 0 Å². The van der Waals surface area contributed by atoms with Crippen molar-refractivity contribution in [1.82, 2.24) is 24.8 Å². The Hall–Kier alpha value is -4.04. The van der Waals surface area contributed by atoms with Gasteiger partial charge in [-0.1, -0.05) is 24.3 Å². The molecule has 4 heterocycles. The SMILES string of the molecule is COC(=O)c1ccccc1-n1c(C)cc(C2C(c3ccccn3)NC(=S)N2Cc2cccnc2)c1C. The molecule has 1 saturated heterocycles. The van der Waals surface area contributed by atoms with Crippen LogP contribution in [-0.2, 0) is 11.3 Å². The number of esters is 1. The van der Waals surface area contributed by atoms with E-state index in [0.717, 1.165) is 33.9 Å². The second kappa shape index (κ2) is 9.91. The van der Waals surface area contributed by atoms with Crippen molar-refractivity contribution < 1.29 is 9.53 Å². The third kappa shape index (κ3) is 4.24. The zero-order chi connectivity index (χ0) is 25.2. The molecule has 1 aliphatic rings. The first kappa shape index (κ1) is 23.7. The van der Waals surface area contributed by atoms with Crippen molar-refractivity contribution in [2.45, 2.75) is 32.5 Å². The summed E-state index contributed by atoms with van der Waals surface area (Å²) in [5.41, 5.74) is 6.43. The quantitative estimate of drug-likeness (QED) is 0.302. The smallest absolute Gasteiger partial charge is 0.339 e. The van der Waals surface area contributed by atoms with E-state index in [0.29, 0.717) is 17.2 Å². The van der Waals surface area contributed by atoms with Crippen LogP contribution in [0.2, 0.25) is 0 Å². The fourth-order valence-electron chi connectivity index (χ4n) is 5.01. The highest BCUT2D eigenvalue weighted by atomic mass is 32.1. The predicted molar refractivity (Wildman–Crippen MR) is 142 cm³/mol. The second-order valence-electron chi connectivity index (χ2n) is 8.79. The minimum Gasteiger partial charge on any atom is -0.465 e. The highest BCUT2D eigenvalue weighted by Crippen LogP contribution is 2.42. The van der Waals surface area contributed by atoms with Crippen LogP contribution >= 0.6 is 12.2 Å². The number of benzene rings is 1. The molecule has 0 radical (unpaired) electrons. The van der Waals surface area contributed by atoms with Crippen LogP contribution in [0.3, 0.4) is 0 Å². The number of ether oxygens (including phenoxy) is 1. The Labute approximate surface area is 215 Å². The van der Waals surface area contributed by atoms with Gasteiger partial charge in [-0.15, -0.1) is 0 Å². The highest BCUT2D eigenvalue weighted by molar-refractivity contribution is 7.80. The molecule has 0 aliphatic carbocycles. The van der Waals surface area contributed by atoms with Gasteiger partial charge in [0.25, 0.3) is 0 Å². The van der Waals surface area contributed by atoms with Crippen LogP contribution in [0.15, 0.2) is 79.3 Å². The molecule has 2 unspecified atom stereocenters. The van der Waals surface area contributed by atoms with E-state index in [4.69, 9.17) is 17.0 Å². The Morgan fingerprint density at radius 2 is 1.89 bits per heavy atom. The van der Waals surface area contributed by atoms with Crippen molar-refractivity contribution in [3.8, 4) is 5.69 Å². The molecule has 8 heteroatoms. The maximum atomic E-state index is 12.5. The fraction of sp³-hybridized carbons (Fsp3) is 0.214. The summed E-state index contributed by atoms with van der Waals surface area (Å²) < 4.78 is 7.17. The number of thiocarbonyl (C=S) groups is 1. The van der Waals surface area contributed by atoms with E-state index >= 15 is 0 Å². The number of nitrogens with zero attached hydrogens (tertiary/aromatic N) is 4. The lowest BCUT2D eigenvalue weighted by atomic mass is 9.96. The van der Waals surface area contributed by atoms with Gasteiger partial charge in [0, 0.05) is 36.5 Å². The minimum atomic E-state index is -0.368. The average Bonchev–Trinajstić information content (AvgIpc) is 3.39. The van der Waals surface area contributed by atoms with Crippen molar-refractivity contribution >= 4 is 23.3 Å². The van der Waals surface area contributed by atoms with E-state index in [2.05, 4.69) is 43.8 Å². The van der Waals surface area contributed by atoms with Gasteiger partial charge in [-0.2, -0.15) is 0 Å². The molecule has 2 atom stereocenters. The number of carbonyl (C=O) groups is 1. The molecule has 4 aromatic rings. The number of rotatable bonds is 6. The highest BCUT2D eigenvalue weighted by Gasteiger charge is 2.41. The Morgan fingerprint density at radius 3 is 2.61 bits per heavy atom. The average molecular weight is 498 g/mol. The van der Waals surface area contributed by atoms with Crippen LogP contribution in [0.4, 0.5) is 0 Å². The van der Waals surface area contributed by atoms with Crippen molar-refractivity contribution in [3.05, 3.63) is 113 Å². The number of pyridine rings is 2. The first-order valence-corrected chi connectivity index (χ1v) is 12.1. The largest absolute Gasteiger partial charge is 0.465 e. The first-order chi connectivity index (χ1) is 17.5. The molecular formula is C28H27N5O2S. The summed E-state index contributed by atoms with van der Waals surface area (Å²) in [6, 6.07) is 19.3. The summed E-state index contributed by atoms with van der Waals surface area (Å²) in [7, 11) is 1.40. The third-order valence-electron chi connectivity index (χ3n) is 6.61. The number of methoxy groups -OCH3 is 1.